The molecule has 132 valence electrons. The highest BCUT2D eigenvalue weighted by Gasteiger charge is 2.38. The number of rotatable bonds is 3. The maximum absolute atomic E-state index is 13.8. The van der Waals surface area contributed by atoms with Crippen molar-refractivity contribution in [2.75, 3.05) is 0 Å². The van der Waals surface area contributed by atoms with Crippen molar-refractivity contribution in [3.05, 3.63) is 29.3 Å². The summed E-state index contributed by atoms with van der Waals surface area (Å²) in [5.41, 5.74) is 0.323. The van der Waals surface area contributed by atoms with Crippen molar-refractivity contribution < 1.29 is 36.2 Å². The molecule has 0 amide bonds. The lowest BCUT2D eigenvalue weighted by atomic mass is 9.75. The zero-order chi connectivity index (χ0) is 17.5. The zero-order valence-electron chi connectivity index (χ0n) is 12.5. The third kappa shape index (κ3) is 3.62. The van der Waals surface area contributed by atoms with Gasteiger partial charge in [-0.05, 0) is 55.2 Å². The van der Waals surface area contributed by atoms with E-state index in [4.69, 9.17) is 4.74 Å². The van der Waals surface area contributed by atoms with E-state index in [2.05, 4.69) is 4.74 Å². The fourth-order valence-electron chi connectivity index (χ4n) is 3.44. The molecule has 1 atom stereocenters. The molecule has 1 aromatic carbocycles. The quantitative estimate of drug-likeness (QED) is 0.597. The van der Waals surface area contributed by atoms with Crippen LogP contribution in [0.15, 0.2) is 12.1 Å². The molecule has 8 heteroatoms. The van der Waals surface area contributed by atoms with Crippen LogP contribution in [-0.2, 0) is 9.53 Å². The lowest BCUT2D eigenvalue weighted by molar-refractivity contribution is -0.276. The van der Waals surface area contributed by atoms with Crippen LogP contribution in [0.25, 0.3) is 0 Å². The van der Waals surface area contributed by atoms with E-state index in [1.807, 2.05) is 0 Å². The number of carbonyl (C=O) groups is 1. The number of cyclic esters (lactones) is 1. The summed E-state index contributed by atoms with van der Waals surface area (Å²) in [5, 5.41) is 0. The number of halogens is 5. The van der Waals surface area contributed by atoms with Crippen molar-refractivity contribution in [3.63, 3.8) is 0 Å². The minimum absolute atomic E-state index is 0.0746. The van der Waals surface area contributed by atoms with Crippen molar-refractivity contribution in [2.45, 2.75) is 50.5 Å². The van der Waals surface area contributed by atoms with E-state index < -0.39 is 23.7 Å². The molecule has 1 unspecified atom stereocenters. The van der Waals surface area contributed by atoms with Crippen LogP contribution in [0.4, 0.5) is 22.0 Å². The molecule has 0 radical (unpaired) electrons. The maximum Gasteiger partial charge on any atom is 0.573 e. The minimum Gasteiger partial charge on any atom is -0.461 e. The van der Waals surface area contributed by atoms with E-state index in [0.29, 0.717) is 24.8 Å². The van der Waals surface area contributed by atoms with Crippen molar-refractivity contribution in [1.82, 2.24) is 0 Å². The first-order valence-corrected chi connectivity index (χ1v) is 7.67. The van der Waals surface area contributed by atoms with Crippen LogP contribution in [0.2, 0.25) is 0 Å². The minimum atomic E-state index is -5.15. The van der Waals surface area contributed by atoms with Gasteiger partial charge in [0.25, 0.3) is 0 Å². The Balaban J connectivity index is 1.66. The lowest BCUT2D eigenvalue weighted by Gasteiger charge is -2.37. The van der Waals surface area contributed by atoms with Gasteiger partial charge in [-0.2, -0.15) is 0 Å². The van der Waals surface area contributed by atoms with Gasteiger partial charge in [-0.1, -0.05) is 0 Å². The van der Waals surface area contributed by atoms with E-state index in [0.717, 1.165) is 25.0 Å². The molecule has 0 N–H and O–H groups in total. The summed E-state index contributed by atoms with van der Waals surface area (Å²) in [6, 6.07) is 1.80. The molecule has 3 rings (SSSR count). The Morgan fingerprint density at radius 1 is 1.04 bits per heavy atom. The Kier molecular flexibility index (Phi) is 4.40. The number of ether oxygens (including phenoxy) is 2. The smallest absolute Gasteiger partial charge is 0.461 e. The average molecular weight is 350 g/mol. The van der Waals surface area contributed by atoms with E-state index >= 15 is 0 Å². The van der Waals surface area contributed by atoms with Gasteiger partial charge in [-0.15, -0.1) is 13.2 Å². The fourth-order valence-corrected chi connectivity index (χ4v) is 3.44. The SMILES string of the molecule is O=C1CC(C2CCC(c3cc(F)c(OC(F)(F)F)c(F)c3)CC2)O1. The first-order valence-electron chi connectivity index (χ1n) is 7.67. The number of hydrogen-bond donors (Lipinski definition) is 0. The van der Waals surface area contributed by atoms with Crippen molar-refractivity contribution in [1.29, 1.82) is 0 Å². The second-order valence-corrected chi connectivity index (χ2v) is 6.21. The second-order valence-electron chi connectivity index (χ2n) is 6.21. The van der Waals surface area contributed by atoms with Crippen LogP contribution in [-0.4, -0.2) is 18.4 Å². The van der Waals surface area contributed by atoms with Crippen LogP contribution < -0.4 is 4.74 Å². The van der Waals surface area contributed by atoms with E-state index in [1.54, 1.807) is 0 Å². The number of carbonyl (C=O) groups excluding carboxylic acids is 1. The monoisotopic (exact) mass is 350 g/mol. The summed E-state index contributed by atoms with van der Waals surface area (Å²) >= 11 is 0. The third-order valence-electron chi connectivity index (χ3n) is 4.66. The van der Waals surface area contributed by atoms with Crippen molar-refractivity contribution in [2.24, 2.45) is 5.92 Å². The molecule has 0 aromatic heterocycles. The topological polar surface area (TPSA) is 35.5 Å². The Bertz CT molecular complexity index is 604. The lowest BCUT2D eigenvalue weighted by Crippen LogP contribution is -2.40. The number of alkyl halides is 3. The van der Waals surface area contributed by atoms with Gasteiger partial charge in [0.2, 0.25) is 5.75 Å². The summed E-state index contributed by atoms with van der Waals surface area (Å²) < 4.78 is 72.4. The van der Waals surface area contributed by atoms with Gasteiger partial charge in [0.05, 0.1) is 6.42 Å². The Labute approximate surface area is 134 Å². The highest BCUT2D eigenvalue weighted by Crippen LogP contribution is 2.41. The van der Waals surface area contributed by atoms with Crippen LogP contribution in [0.1, 0.15) is 43.6 Å². The molecule has 0 spiro atoms. The molecular weight excluding hydrogens is 335 g/mol. The summed E-state index contributed by atoms with van der Waals surface area (Å²) in [4.78, 5) is 10.8. The first-order chi connectivity index (χ1) is 11.2. The standard InChI is InChI=1S/C16H15F5O3/c17-11-5-10(6-12(18)15(11)24-16(19,20)21)8-1-3-9(4-2-8)13-7-14(22)23-13/h5-6,8-9,13H,1-4,7H2. The predicted octanol–water partition coefficient (Wildman–Crippen LogP) is 4.45. The molecule has 2 fully saturated rings. The van der Waals surface area contributed by atoms with Gasteiger partial charge in [0.15, 0.2) is 11.6 Å². The van der Waals surface area contributed by atoms with Gasteiger partial charge < -0.3 is 9.47 Å². The summed E-state index contributed by atoms with van der Waals surface area (Å²) in [6.07, 6.45) is -2.06. The average Bonchev–Trinajstić information content (AvgIpc) is 2.47. The van der Waals surface area contributed by atoms with Crippen LogP contribution in [0, 0.1) is 17.6 Å². The molecule has 24 heavy (non-hydrogen) atoms. The molecule has 2 aliphatic rings. The molecule has 1 saturated heterocycles. The van der Waals surface area contributed by atoms with Crippen molar-refractivity contribution in [3.8, 4) is 5.75 Å². The van der Waals surface area contributed by atoms with E-state index in [9.17, 15) is 26.7 Å². The molecule has 1 aliphatic carbocycles. The normalized spacial score (nSPS) is 27.4. The van der Waals surface area contributed by atoms with Crippen LogP contribution in [0.5, 0.6) is 5.75 Å². The molecule has 1 aromatic rings. The predicted molar refractivity (Wildman–Crippen MR) is 72.2 cm³/mol. The molecule has 1 saturated carbocycles. The van der Waals surface area contributed by atoms with E-state index in [-0.39, 0.29) is 23.9 Å². The Morgan fingerprint density at radius 3 is 2.04 bits per heavy atom. The molecule has 1 aliphatic heterocycles. The third-order valence-corrected chi connectivity index (χ3v) is 4.66. The second kappa shape index (κ2) is 6.22. The molecule has 3 nitrogen and oxygen atoms in total. The summed E-state index contributed by atoms with van der Waals surface area (Å²) in [7, 11) is 0. The Hall–Kier alpha value is -1.86. The summed E-state index contributed by atoms with van der Waals surface area (Å²) in [6.45, 7) is 0. The highest BCUT2D eigenvalue weighted by atomic mass is 19.4. The summed E-state index contributed by atoms with van der Waals surface area (Å²) in [5.74, 6) is -4.27. The number of benzene rings is 1. The van der Waals surface area contributed by atoms with Gasteiger partial charge in [0, 0.05) is 0 Å². The van der Waals surface area contributed by atoms with Gasteiger partial charge in [0.1, 0.15) is 6.10 Å². The largest absolute Gasteiger partial charge is 0.573 e. The number of hydrogen-bond acceptors (Lipinski definition) is 3. The number of esters is 1. The Morgan fingerprint density at radius 2 is 1.58 bits per heavy atom. The zero-order valence-corrected chi connectivity index (χ0v) is 12.5. The van der Waals surface area contributed by atoms with Gasteiger partial charge in [-0.25, -0.2) is 8.78 Å². The molecular formula is C16H15F5O3. The van der Waals surface area contributed by atoms with Gasteiger partial charge in [-0.3, -0.25) is 4.79 Å². The van der Waals surface area contributed by atoms with Gasteiger partial charge >= 0.3 is 12.3 Å². The highest BCUT2D eigenvalue weighted by molar-refractivity contribution is 5.75. The van der Waals surface area contributed by atoms with Crippen molar-refractivity contribution >= 4 is 5.97 Å². The molecule has 1 heterocycles. The first kappa shape index (κ1) is 17.0. The van der Waals surface area contributed by atoms with E-state index in [1.165, 1.54) is 0 Å². The van der Waals surface area contributed by atoms with Crippen LogP contribution >= 0.6 is 0 Å². The molecule has 0 bridgehead atoms. The fraction of sp³-hybridized carbons (Fsp3) is 0.562. The maximum atomic E-state index is 13.8. The van der Waals surface area contributed by atoms with Crippen LogP contribution in [0.3, 0.4) is 0 Å².